The van der Waals surface area contributed by atoms with Crippen molar-refractivity contribution >= 4 is 39.1 Å². The van der Waals surface area contributed by atoms with E-state index in [1.807, 2.05) is 54.6 Å². The average Bonchev–Trinajstić information content (AvgIpc) is 3.10. The van der Waals surface area contributed by atoms with Crippen LogP contribution < -0.4 is 14.4 Å². The van der Waals surface area contributed by atoms with E-state index in [1.54, 1.807) is 50.4 Å². The van der Waals surface area contributed by atoms with Gasteiger partial charge in [-0.2, -0.15) is 0 Å². The van der Waals surface area contributed by atoms with Gasteiger partial charge in [-0.3, -0.25) is 13.9 Å². The van der Waals surface area contributed by atoms with Crippen LogP contribution in [-0.4, -0.2) is 50.9 Å². The molecule has 1 unspecified atom stereocenters. The molecule has 0 radical (unpaired) electrons. The molecule has 1 fully saturated rings. The maximum atomic E-state index is 14.8. The number of nitrogens with zero attached hydrogens (tertiary/aromatic N) is 2. The molecule has 0 aromatic heterocycles. The second kappa shape index (κ2) is 16.2. The molecule has 0 bridgehead atoms. The van der Waals surface area contributed by atoms with Crippen molar-refractivity contribution in [3.8, 4) is 5.75 Å². The predicted octanol–water partition coefficient (Wildman–Crippen LogP) is 6.94. The lowest BCUT2D eigenvalue weighted by Crippen LogP contribution is -2.55. The number of rotatable bonds is 13. The van der Waals surface area contributed by atoms with Crippen LogP contribution in [0.4, 0.5) is 5.69 Å². The van der Waals surface area contributed by atoms with E-state index in [4.69, 9.17) is 16.3 Å². The van der Waals surface area contributed by atoms with Gasteiger partial charge in [0, 0.05) is 24.0 Å². The molecule has 0 aliphatic heterocycles. The monoisotopic (exact) mass is 687 g/mol. The number of sulfonamides is 1. The van der Waals surface area contributed by atoms with Crippen molar-refractivity contribution < 1.29 is 22.7 Å². The zero-order valence-electron chi connectivity index (χ0n) is 27.3. The molecule has 4 aromatic rings. The highest BCUT2D eigenvalue weighted by Crippen LogP contribution is 2.30. The summed E-state index contributed by atoms with van der Waals surface area (Å²) in [5.41, 5.74) is 2.53. The van der Waals surface area contributed by atoms with E-state index < -0.39 is 28.5 Å². The molecule has 2 amide bonds. The van der Waals surface area contributed by atoms with E-state index in [0.717, 1.165) is 47.5 Å². The molecule has 1 aliphatic carbocycles. The molecule has 0 spiro atoms. The smallest absolute Gasteiger partial charge is 0.264 e. The summed E-state index contributed by atoms with van der Waals surface area (Å²) in [6.45, 7) is 1.28. The minimum Gasteiger partial charge on any atom is -0.497 e. The van der Waals surface area contributed by atoms with E-state index in [9.17, 15) is 18.0 Å². The van der Waals surface area contributed by atoms with Crippen LogP contribution in [0, 0.1) is 6.92 Å². The fraction of sp³-hybridized carbons (Fsp3) is 0.316. The van der Waals surface area contributed by atoms with Crippen molar-refractivity contribution in [2.24, 2.45) is 0 Å². The third-order valence-electron chi connectivity index (χ3n) is 8.75. The summed E-state index contributed by atoms with van der Waals surface area (Å²) in [4.78, 5) is 30.6. The van der Waals surface area contributed by atoms with Crippen molar-refractivity contribution in [3.05, 3.63) is 125 Å². The largest absolute Gasteiger partial charge is 0.497 e. The first-order valence-corrected chi connectivity index (χ1v) is 18.1. The number of carbonyl (C=O) groups excluding carboxylic acids is 2. The Morgan fingerprint density at radius 1 is 0.875 bits per heavy atom. The number of benzene rings is 4. The minimum absolute atomic E-state index is 0.0185. The number of hydrogen-bond acceptors (Lipinski definition) is 5. The second-order valence-corrected chi connectivity index (χ2v) is 14.5. The number of hydrogen-bond donors (Lipinski definition) is 1. The summed E-state index contributed by atoms with van der Waals surface area (Å²) >= 11 is 6.26. The van der Waals surface area contributed by atoms with Crippen molar-refractivity contribution in [2.75, 3.05) is 18.0 Å². The summed E-state index contributed by atoms with van der Waals surface area (Å²) in [6, 6.07) is 28.9. The summed E-state index contributed by atoms with van der Waals surface area (Å²) in [5.74, 6) is -0.176. The number of halogens is 1. The average molecular weight is 688 g/mol. The van der Waals surface area contributed by atoms with Gasteiger partial charge in [-0.25, -0.2) is 8.42 Å². The van der Waals surface area contributed by atoms with Crippen LogP contribution >= 0.6 is 11.6 Å². The van der Waals surface area contributed by atoms with E-state index in [0.29, 0.717) is 22.0 Å². The summed E-state index contributed by atoms with van der Waals surface area (Å²) in [6.07, 6.45) is 5.22. The van der Waals surface area contributed by atoms with Crippen LogP contribution in [0.15, 0.2) is 108 Å². The molecular formula is C38H42ClN3O5S. The van der Waals surface area contributed by atoms with Crippen molar-refractivity contribution in [2.45, 2.75) is 69.0 Å². The van der Waals surface area contributed by atoms with Gasteiger partial charge >= 0.3 is 0 Å². The van der Waals surface area contributed by atoms with Crippen LogP contribution in [0.5, 0.6) is 5.75 Å². The van der Waals surface area contributed by atoms with E-state index in [1.165, 1.54) is 17.0 Å². The maximum Gasteiger partial charge on any atom is 0.264 e. The number of carbonyl (C=O) groups is 2. The van der Waals surface area contributed by atoms with Gasteiger partial charge in [0.2, 0.25) is 11.8 Å². The Bertz CT molecular complexity index is 1800. The molecule has 48 heavy (non-hydrogen) atoms. The number of methoxy groups -OCH3 is 1. The number of anilines is 1. The van der Waals surface area contributed by atoms with Crippen molar-refractivity contribution in [1.29, 1.82) is 0 Å². The van der Waals surface area contributed by atoms with Gasteiger partial charge in [0.05, 0.1) is 17.7 Å². The quantitative estimate of drug-likeness (QED) is 0.164. The van der Waals surface area contributed by atoms with Gasteiger partial charge < -0.3 is 15.0 Å². The number of amides is 2. The van der Waals surface area contributed by atoms with Gasteiger partial charge in [-0.1, -0.05) is 91.5 Å². The highest BCUT2D eigenvalue weighted by atomic mass is 35.5. The maximum absolute atomic E-state index is 14.8. The zero-order chi connectivity index (χ0) is 34.1. The Labute approximate surface area is 288 Å². The first-order valence-electron chi connectivity index (χ1n) is 16.3. The summed E-state index contributed by atoms with van der Waals surface area (Å²) in [7, 11) is -2.64. The van der Waals surface area contributed by atoms with Gasteiger partial charge in [0.1, 0.15) is 18.3 Å². The fourth-order valence-corrected chi connectivity index (χ4v) is 7.92. The third kappa shape index (κ3) is 8.76. The van der Waals surface area contributed by atoms with Crippen LogP contribution in [0.3, 0.4) is 0 Å². The lowest BCUT2D eigenvalue weighted by atomic mass is 9.94. The van der Waals surface area contributed by atoms with Gasteiger partial charge in [0.15, 0.2) is 0 Å². The Hall–Kier alpha value is -4.34. The molecule has 5 rings (SSSR count). The highest BCUT2D eigenvalue weighted by molar-refractivity contribution is 7.92. The summed E-state index contributed by atoms with van der Waals surface area (Å²) in [5, 5.41) is 3.68. The predicted molar refractivity (Wildman–Crippen MR) is 190 cm³/mol. The standard InChI is InChI=1S/C38H42ClN3O5S/c1-28-23-31(39)21-22-35(28)42(48(45,46)34-19-10-5-11-20-34)27-37(43)41(26-30-15-12-18-33(24-30)47-2)36(25-29-13-6-3-7-14-29)38(44)40-32-16-8-4-9-17-32/h3,5-7,10-15,18-24,32,36H,4,8-9,16-17,25-27H2,1-2H3,(H,40,44). The lowest BCUT2D eigenvalue weighted by molar-refractivity contribution is -0.140. The molecular weight excluding hydrogens is 646 g/mol. The van der Waals surface area contributed by atoms with Crippen LogP contribution in [-0.2, 0) is 32.6 Å². The van der Waals surface area contributed by atoms with Crippen molar-refractivity contribution in [3.63, 3.8) is 0 Å². The zero-order valence-corrected chi connectivity index (χ0v) is 28.9. The minimum atomic E-state index is -4.21. The molecule has 1 atom stereocenters. The second-order valence-electron chi connectivity index (χ2n) is 12.2. The Balaban J connectivity index is 1.58. The number of aryl methyl sites for hydroxylation is 1. The van der Waals surface area contributed by atoms with Crippen molar-refractivity contribution in [1.82, 2.24) is 10.2 Å². The molecule has 1 saturated carbocycles. The molecule has 4 aromatic carbocycles. The topological polar surface area (TPSA) is 96.0 Å². The van der Waals surface area contributed by atoms with Gasteiger partial charge in [0.25, 0.3) is 10.0 Å². The third-order valence-corrected chi connectivity index (χ3v) is 10.8. The van der Waals surface area contributed by atoms with Crippen LogP contribution in [0.1, 0.15) is 48.8 Å². The highest BCUT2D eigenvalue weighted by Gasteiger charge is 2.36. The number of ether oxygens (including phenoxy) is 1. The number of nitrogens with one attached hydrogen (secondary N) is 1. The normalized spacial score (nSPS) is 14.1. The molecule has 0 heterocycles. The molecule has 8 nitrogen and oxygen atoms in total. The SMILES string of the molecule is COc1cccc(CN(C(=O)CN(c2ccc(Cl)cc2C)S(=O)(=O)c2ccccc2)C(Cc2ccccc2)C(=O)NC2CCCCC2)c1. The van der Waals surface area contributed by atoms with Gasteiger partial charge in [-0.15, -0.1) is 0 Å². The first kappa shape index (κ1) is 35.0. The van der Waals surface area contributed by atoms with E-state index >= 15 is 0 Å². The molecule has 1 aliphatic rings. The Kier molecular flexibility index (Phi) is 11.8. The lowest BCUT2D eigenvalue weighted by Gasteiger charge is -2.35. The van der Waals surface area contributed by atoms with E-state index in [-0.39, 0.29) is 29.8 Å². The molecule has 252 valence electrons. The molecule has 1 N–H and O–H groups in total. The van der Waals surface area contributed by atoms with E-state index in [2.05, 4.69) is 5.32 Å². The Morgan fingerprint density at radius 2 is 1.54 bits per heavy atom. The molecule has 0 saturated heterocycles. The molecule has 10 heteroatoms. The first-order chi connectivity index (χ1) is 23.2. The van der Waals surface area contributed by atoms with Crippen LogP contribution in [0.25, 0.3) is 0 Å². The summed E-state index contributed by atoms with van der Waals surface area (Å²) < 4.78 is 35.1. The Morgan fingerprint density at radius 3 is 2.21 bits per heavy atom. The van der Waals surface area contributed by atoms with Crippen LogP contribution in [0.2, 0.25) is 5.02 Å². The fourth-order valence-electron chi connectivity index (χ4n) is 6.20. The van der Waals surface area contributed by atoms with Gasteiger partial charge in [-0.05, 0) is 78.9 Å².